The normalized spacial score (nSPS) is 11.0. The van der Waals surface area contributed by atoms with Gasteiger partial charge in [-0.05, 0) is 55.5 Å². The van der Waals surface area contributed by atoms with E-state index in [4.69, 9.17) is 4.74 Å². The van der Waals surface area contributed by atoms with E-state index in [2.05, 4.69) is 25.9 Å². The molecule has 0 atom stereocenters. The number of amides is 1. The molecule has 1 aromatic heterocycles. The lowest BCUT2D eigenvalue weighted by Crippen LogP contribution is -2.29. The summed E-state index contributed by atoms with van der Waals surface area (Å²) in [6.45, 7) is 2.40. The van der Waals surface area contributed by atoms with E-state index in [1.807, 2.05) is 31.2 Å². The van der Waals surface area contributed by atoms with E-state index in [0.717, 1.165) is 41.4 Å². The average molecular weight is 445 g/mol. The largest absolute Gasteiger partial charge is 0.497 e. The zero-order valence-corrected chi connectivity index (χ0v) is 17.5. The van der Waals surface area contributed by atoms with Crippen molar-refractivity contribution in [1.82, 2.24) is 15.3 Å². The Morgan fingerprint density at radius 1 is 1.00 bits per heavy atom. The summed E-state index contributed by atoms with van der Waals surface area (Å²) in [5, 5.41) is 8.85. The number of hydrogen-bond acceptors (Lipinski definition) is 6. The monoisotopic (exact) mass is 445 g/mol. The number of carbonyl (C=O) groups is 1. The molecule has 0 saturated heterocycles. The minimum atomic E-state index is -4.44. The Bertz CT molecular complexity index is 1050. The van der Waals surface area contributed by atoms with Gasteiger partial charge in [0, 0.05) is 36.1 Å². The van der Waals surface area contributed by atoms with Gasteiger partial charge in [-0.1, -0.05) is 0 Å². The molecule has 2 aromatic carbocycles. The van der Waals surface area contributed by atoms with Crippen molar-refractivity contribution in [2.24, 2.45) is 0 Å². The van der Waals surface area contributed by atoms with Crippen LogP contribution in [0.4, 0.5) is 30.6 Å². The molecule has 1 heterocycles. The number of aromatic nitrogens is 2. The first-order valence-corrected chi connectivity index (χ1v) is 9.71. The van der Waals surface area contributed by atoms with Crippen molar-refractivity contribution < 1.29 is 22.7 Å². The Labute approximate surface area is 183 Å². The molecular weight excluding hydrogens is 423 g/mol. The second kappa shape index (κ2) is 9.99. The van der Waals surface area contributed by atoms with Gasteiger partial charge < -0.3 is 20.7 Å². The van der Waals surface area contributed by atoms with Gasteiger partial charge in [0.1, 0.15) is 11.6 Å². The van der Waals surface area contributed by atoms with E-state index in [1.165, 1.54) is 0 Å². The molecule has 0 saturated carbocycles. The molecule has 0 fully saturated rings. The van der Waals surface area contributed by atoms with Gasteiger partial charge >= 0.3 is 6.18 Å². The minimum absolute atomic E-state index is 0.149. The highest BCUT2D eigenvalue weighted by molar-refractivity contribution is 5.94. The maximum Gasteiger partial charge on any atom is 0.416 e. The number of halogens is 3. The molecule has 10 heteroatoms. The Kier molecular flexibility index (Phi) is 7.14. The van der Waals surface area contributed by atoms with Crippen LogP contribution in [-0.2, 0) is 6.18 Å². The SMILES string of the molecule is COc1ccc(Nc2cc(C)nc(NCCNC(=O)c3ccc(C(F)(F)F)cc3)n2)cc1. The van der Waals surface area contributed by atoms with Crippen LogP contribution in [0.3, 0.4) is 0 Å². The van der Waals surface area contributed by atoms with Crippen LogP contribution in [0.25, 0.3) is 0 Å². The van der Waals surface area contributed by atoms with E-state index < -0.39 is 17.6 Å². The van der Waals surface area contributed by atoms with Gasteiger partial charge in [0.25, 0.3) is 5.91 Å². The molecule has 0 bridgehead atoms. The van der Waals surface area contributed by atoms with Crippen LogP contribution in [0.5, 0.6) is 5.75 Å². The van der Waals surface area contributed by atoms with Gasteiger partial charge in [-0.2, -0.15) is 18.2 Å². The summed E-state index contributed by atoms with van der Waals surface area (Å²) < 4.78 is 43.0. The van der Waals surface area contributed by atoms with E-state index in [-0.39, 0.29) is 12.1 Å². The predicted molar refractivity (Wildman–Crippen MR) is 115 cm³/mol. The molecule has 1 amide bonds. The van der Waals surface area contributed by atoms with E-state index in [0.29, 0.717) is 18.3 Å². The number of methoxy groups -OCH3 is 1. The van der Waals surface area contributed by atoms with Crippen molar-refractivity contribution >= 4 is 23.4 Å². The zero-order valence-electron chi connectivity index (χ0n) is 17.5. The van der Waals surface area contributed by atoms with Crippen molar-refractivity contribution in [3.63, 3.8) is 0 Å². The number of carbonyl (C=O) groups excluding carboxylic acids is 1. The fourth-order valence-electron chi connectivity index (χ4n) is 2.80. The van der Waals surface area contributed by atoms with Crippen molar-refractivity contribution in [3.8, 4) is 5.75 Å². The van der Waals surface area contributed by atoms with Crippen molar-refractivity contribution in [2.45, 2.75) is 13.1 Å². The standard InChI is InChI=1S/C22H22F3N5O2/c1-14-13-19(29-17-7-9-18(32-2)10-8-17)30-21(28-14)27-12-11-26-20(31)15-3-5-16(6-4-15)22(23,24)25/h3-10,13H,11-12H2,1-2H3,(H,26,31)(H2,27,28,29,30). The maximum absolute atomic E-state index is 12.6. The number of nitrogens with zero attached hydrogens (tertiary/aromatic N) is 2. The van der Waals surface area contributed by atoms with Gasteiger partial charge in [-0.3, -0.25) is 4.79 Å². The summed E-state index contributed by atoms with van der Waals surface area (Å²) in [5.74, 6) is 1.26. The lowest BCUT2D eigenvalue weighted by Gasteiger charge is -2.11. The first-order chi connectivity index (χ1) is 15.2. The Hall–Kier alpha value is -3.82. The Balaban J connectivity index is 1.51. The number of rotatable bonds is 8. The summed E-state index contributed by atoms with van der Waals surface area (Å²) in [4.78, 5) is 20.8. The van der Waals surface area contributed by atoms with Crippen molar-refractivity contribution in [2.75, 3.05) is 30.8 Å². The molecule has 168 valence electrons. The second-order valence-corrected chi connectivity index (χ2v) is 6.83. The van der Waals surface area contributed by atoms with E-state index >= 15 is 0 Å². The number of benzene rings is 2. The fraction of sp³-hybridized carbons (Fsp3) is 0.227. The molecule has 3 aromatic rings. The average Bonchev–Trinajstić information content (AvgIpc) is 2.76. The van der Waals surface area contributed by atoms with Crippen LogP contribution < -0.4 is 20.7 Å². The third kappa shape index (κ3) is 6.34. The number of ether oxygens (including phenoxy) is 1. The number of aryl methyl sites for hydroxylation is 1. The fourth-order valence-corrected chi connectivity index (χ4v) is 2.80. The van der Waals surface area contributed by atoms with Crippen molar-refractivity contribution in [3.05, 3.63) is 71.4 Å². The molecule has 0 aliphatic carbocycles. The molecule has 3 rings (SSSR count). The Morgan fingerprint density at radius 3 is 2.31 bits per heavy atom. The van der Waals surface area contributed by atoms with Crippen LogP contribution in [-0.4, -0.2) is 36.1 Å². The highest BCUT2D eigenvalue weighted by atomic mass is 19.4. The molecule has 0 aliphatic heterocycles. The summed E-state index contributed by atoms with van der Waals surface area (Å²) in [5.41, 5.74) is 0.924. The van der Waals surface area contributed by atoms with Gasteiger partial charge in [-0.15, -0.1) is 0 Å². The highest BCUT2D eigenvalue weighted by Crippen LogP contribution is 2.29. The quantitative estimate of drug-likeness (QED) is 0.446. The molecule has 32 heavy (non-hydrogen) atoms. The Morgan fingerprint density at radius 2 is 1.69 bits per heavy atom. The van der Waals surface area contributed by atoms with Crippen LogP contribution in [0.15, 0.2) is 54.6 Å². The smallest absolute Gasteiger partial charge is 0.416 e. The third-order valence-electron chi connectivity index (χ3n) is 4.38. The number of nitrogens with one attached hydrogen (secondary N) is 3. The van der Waals surface area contributed by atoms with Gasteiger partial charge in [-0.25, -0.2) is 4.98 Å². The lowest BCUT2D eigenvalue weighted by atomic mass is 10.1. The number of anilines is 3. The number of alkyl halides is 3. The van der Waals surface area contributed by atoms with E-state index in [1.54, 1.807) is 13.2 Å². The third-order valence-corrected chi connectivity index (χ3v) is 4.38. The first kappa shape index (κ1) is 22.9. The highest BCUT2D eigenvalue weighted by Gasteiger charge is 2.30. The van der Waals surface area contributed by atoms with Crippen molar-refractivity contribution in [1.29, 1.82) is 0 Å². The number of hydrogen-bond donors (Lipinski definition) is 3. The molecular formula is C22H22F3N5O2. The first-order valence-electron chi connectivity index (χ1n) is 9.71. The summed E-state index contributed by atoms with van der Waals surface area (Å²) in [6.07, 6.45) is -4.44. The van der Waals surface area contributed by atoms with Crippen LogP contribution >= 0.6 is 0 Å². The molecule has 0 spiro atoms. The topological polar surface area (TPSA) is 88.2 Å². The predicted octanol–water partition coefficient (Wildman–Crippen LogP) is 4.40. The summed E-state index contributed by atoms with van der Waals surface area (Å²) >= 11 is 0. The molecule has 7 nitrogen and oxygen atoms in total. The second-order valence-electron chi connectivity index (χ2n) is 6.83. The molecule has 0 aliphatic rings. The lowest BCUT2D eigenvalue weighted by molar-refractivity contribution is -0.137. The van der Waals surface area contributed by atoms with Crippen LogP contribution in [0, 0.1) is 6.92 Å². The molecule has 0 unspecified atom stereocenters. The van der Waals surface area contributed by atoms with Crippen LogP contribution in [0.2, 0.25) is 0 Å². The van der Waals surface area contributed by atoms with E-state index in [9.17, 15) is 18.0 Å². The zero-order chi connectivity index (χ0) is 23.1. The van der Waals surface area contributed by atoms with Gasteiger partial charge in [0.2, 0.25) is 5.95 Å². The van der Waals surface area contributed by atoms with Gasteiger partial charge in [0.15, 0.2) is 0 Å². The van der Waals surface area contributed by atoms with Crippen LogP contribution in [0.1, 0.15) is 21.6 Å². The van der Waals surface area contributed by atoms with Gasteiger partial charge in [0.05, 0.1) is 12.7 Å². The summed E-state index contributed by atoms with van der Waals surface area (Å²) in [7, 11) is 1.60. The molecule has 0 radical (unpaired) electrons. The maximum atomic E-state index is 12.6. The minimum Gasteiger partial charge on any atom is -0.497 e. The molecule has 3 N–H and O–H groups in total. The summed E-state index contributed by atoms with van der Waals surface area (Å²) in [6, 6.07) is 13.2.